The van der Waals surface area contributed by atoms with Crippen LogP contribution >= 0.6 is 0 Å². The summed E-state index contributed by atoms with van der Waals surface area (Å²) >= 11 is 0. The Bertz CT molecular complexity index is 2770. The minimum absolute atomic E-state index is 0.0768. The van der Waals surface area contributed by atoms with Gasteiger partial charge in [0.1, 0.15) is 0 Å². The fraction of sp³-hybridized carbons (Fsp3) is 0.232. The lowest BCUT2D eigenvalue weighted by atomic mass is 10.0. The third-order valence-corrected chi connectivity index (χ3v) is 14.2. The summed E-state index contributed by atoms with van der Waals surface area (Å²) in [7, 11) is 0. The first-order chi connectivity index (χ1) is 35.4. The summed E-state index contributed by atoms with van der Waals surface area (Å²) in [5.41, 5.74) is 20.1. The van der Waals surface area contributed by atoms with Crippen molar-refractivity contribution in [2.75, 3.05) is 9.80 Å². The van der Waals surface area contributed by atoms with E-state index < -0.39 is 0 Å². The first-order valence-corrected chi connectivity index (χ1v) is 26.8. The number of carbonyl (C=O) groups excluding carboxylic acids is 1. The van der Waals surface area contributed by atoms with Crippen LogP contribution in [0, 0.1) is 0 Å². The van der Waals surface area contributed by atoms with Gasteiger partial charge in [-0.1, -0.05) is 175 Å². The van der Waals surface area contributed by atoms with Crippen molar-refractivity contribution in [2.45, 2.75) is 105 Å². The van der Waals surface area contributed by atoms with Crippen LogP contribution in [0.1, 0.15) is 139 Å². The van der Waals surface area contributed by atoms with Gasteiger partial charge in [0, 0.05) is 45.3 Å². The van der Waals surface area contributed by atoms with Crippen molar-refractivity contribution in [3.05, 3.63) is 238 Å². The average molecular weight is 943 g/mol. The third-order valence-electron chi connectivity index (χ3n) is 14.2. The van der Waals surface area contributed by atoms with Crippen LogP contribution in [0.2, 0.25) is 0 Å². The predicted molar refractivity (Wildman–Crippen MR) is 310 cm³/mol. The molecule has 0 spiro atoms. The van der Waals surface area contributed by atoms with E-state index in [-0.39, 0.29) is 5.78 Å². The molecule has 8 aromatic rings. The Morgan fingerprint density at radius 3 is 0.792 bits per heavy atom. The van der Waals surface area contributed by atoms with E-state index in [1.165, 1.54) is 73.6 Å². The second-order valence-electron chi connectivity index (χ2n) is 19.5. The molecule has 1 aliphatic carbocycles. The lowest BCUT2D eigenvalue weighted by Crippen LogP contribution is -2.10. The molecule has 0 bridgehead atoms. The van der Waals surface area contributed by atoms with Gasteiger partial charge in [0.25, 0.3) is 0 Å². The molecule has 362 valence electrons. The van der Waals surface area contributed by atoms with Crippen molar-refractivity contribution in [1.82, 2.24) is 0 Å². The van der Waals surface area contributed by atoms with Gasteiger partial charge in [-0.2, -0.15) is 0 Å². The van der Waals surface area contributed by atoms with Gasteiger partial charge in [-0.15, -0.1) is 0 Å². The van der Waals surface area contributed by atoms with Gasteiger partial charge in [0.15, 0.2) is 5.78 Å². The van der Waals surface area contributed by atoms with Crippen molar-refractivity contribution in [3.63, 3.8) is 0 Å². The number of anilines is 6. The minimum Gasteiger partial charge on any atom is -0.311 e. The first-order valence-electron chi connectivity index (χ1n) is 26.8. The molecule has 0 fully saturated rings. The summed E-state index contributed by atoms with van der Waals surface area (Å²) in [5, 5.41) is 0. The molecule has 0 amide bonds. The Hall–Kier alpha value is -7.49. The molecule has 72 heavy (non-hydrogen) atoms. The first kappa shape index (κ1) is 49.5. The largest absolute Gasteiger partial charge is 0.311 e. The zero-order valence-corrected chi connectivity index (χ0v) is 42.9. The molecule has 0 heterocycles. The Kier molecular flexibility index (Phi) is 16.6. The summed E-state index contributed by atoms with van der Waals surface area (Å²) in [5.74, 6) is 0.0768. The third kappa shape index (κ3) is 12.0. The van der Waals surface area contributed by atoms with Gasteiger partial charge in [-0.25, -0.2) is 0 Å². The van der Waals surface area contributed by atoms with Crippen LogP contribution in [0.4, 0.5) is 34.1 Å². The standard InChI is InChI=1S/C69H70N2O/c1-5-9-13-51-21-35-59(36-22-51)70(60-37-23-52(24-38-60)14-10-6-2)63-43-29-55(30-44-63)17-19-57-33-47-65-66-48-34-58(50-68(66)69(72)67(65)49-57)20-18-56-31-45-64(46-32-56)71(61-39-25-53(26-40-61)15-11-7-3)62-41-27-54(28-42-62)16-12-8-4/h17-50H,5-16H2,1-4H3. The Morgan fingerprint density at radius 1 is 0.292 bits per heavy atom. The number of fused-ring (bicyclic) bond motifs is 3. The Morgan fingerprint density at radius 2 is 0.528 bits per heavy atom. The predicted octanol–water partition coefficient (Wildman–Crippen LogP) is 19.5. The van der Waals surface area contributed by atoms with Gasteiger partial charge < -0.3 is 9.80 Å². The number of ketones is 1. The summed E-state index contributed by atoms with van der Waals surface area (Å²) < 4.78 is 0. The minimum atomic E-state index is 0.0768. The van der Waals surface area contributed by atoms with E-state index >= 15 is 0 Å². The fourth-order valence-electron chi connectivity index (χ4n) is 9.84. The SMILES string of the molecule is CCCCc1ccc(N(c2ccc(C=Cc3ccc4c(c3)C(=O)c3cc(C=Cc5ccc(N(c6ccc(CCCC)cc6)c6ccc(CCCC)cc6)cc5)ccc3-4)cc2)c2ccc(CCCC)cc2)cc1. The Labute approximate surface area is 430 Å². The van der Waals surface area contributed by atoms with Crippen LogP contribution in [0.5, 0.6) is 0 Å². The maximum Gasteiger partial charge on any atom is 0.194 e. The zero-order valence-electron chi connectivity index (χ0n) is 42.9. The van der Waals surface area contributed by atoms with Crippen LogP contribution in [0.3, 0.4) is 0 Å². The summed E-state index contributed by atoms with van der Waals surface area (Å²) in [6.07, 6.45) is 22.5. The molecule has 0 aliphatic heterocycles. The summed E-state index contributed by atoms with van der Waals surface area (Å²) in [6.45, 7) is 8.99. The van der Waals surface area contributed by atoms with Crippen LogP contribution in [0.15, 0.2) is 182 Å². The highest BCUT2D eigenvalue weighted by Gasteiger charge is 2.27. The molecule has 3 heteroatoms. The molecular weight excluding hydrogens is 873 g/mol. The van der Waals surface area contributed by atoms with E-state index in [0.29, 0.717) is 0 Å². The second kappa shape index (κ2) is 24.1. The smallest absolute Gasteiger partial charge is 0.194 e. The van der Waals surface area contributed by atoms with Gasteiger partial charge in [-0.05, 0) is 192 Å². The molecule has 0 radical (unpaired) electrons. The highest BCUT2D eigenvalue weighted by molar-refractivity contribution is 6.22. The molecule has 0 aromatic heterocycles. The molecule has 0 unspecified atom stereocenters. The number of hydrogen-bond donors (Lipinski definition) is 0. The van der Waals surface area contributed by atoms with Crippen molar-refractivity contribution in [1.29, 1.82) is 0 Å². The second-order valence-corrected chi connectivity index (χ2v) is 19.5. The average Bonchev–Trinajstić information content (AvgIpc) is 3.71. The van der Waals surface area contributed by atoms with E-state index in [1.807, 2.05) is 12.1 Å². The number of unbranched alkanes of at least 4 members (excludes halogenated alkanes) is 4. The van der Waals surface area contributed by atoms with Crippen molar-refractivity contribution >= 4 is 64.2 Å². The van der Waals surface area contributed by atoms with Crippen molar-refractivity contribution in [2.24, 2.45) is 0 Å². The topological polar surface area (TPSA) is 23.6 Å². The van der Waals surface area contributed by atoms with E-state index in [4.69, 9.17) is 0 Å². The Balaban J connectivity index is 0.881. The number of carbonyl (C=O) groups is 1. The number of benzene rings is 8. The zero-order chi connectivity index (χ0) is 49.7. The quantitative estimate of drug-likeness (QED) is 0.0633. The number of aryl methyl sites for hydroxylation is 4. The van der Waals surface area contributed by atoms with Gasteiger partial charge in [0.05, 0.1) is 0 Å². The molecule has 0 saturated carbocycles. The molecule has 0 saturated heterocycles. The molecule has 1 aliphatic rings. The number of nitrogens with zero attached hydrogens (tertiary/aromatic N) is 2. The van der Waals surface area contributed by atoms with Crippen LogP contribution in [-0.4, -0.2) is 5.78 Å². The van der Waals surface area contributed by atoms with Gasteiger partial charge in [0.2, 0.25) is 0 Å². The highest BCUT2D eigenvalue weighted by Crippen LogP contribution is 2.40. The summed E-state index contributed by atoms with van der Waals surface area (Å²) in [4.78, 5) is 18.7. The lowest BCUT2D eigenvalue weighted by molar-refractivity contribution is 0.104. The molecule has 9 rings (SSSR count). The van der Waals surface area contributed by atoms with Crippen LogP contribution in [0.25, 0.3) is 35.4 Å². The molecule has 0 atom stereocenters. The maximum atomic E-state index is 14.0. The van der Waals surface area contributed by atoms with E-state index in [0.717, 1.165) is 104 Å². The lowest BCUT2D eigenvalue weighted by Gasteiger charge is -2.26. The molecule has 3 nitrogen and oxygen atoms in total. The molecule has 8 aromatic carbocycles. The maximum absolute atomic E-state index is 14.0. The van der Waals surface area contributed by atoms with Crippen LogP contribution < -0.4 is 9.80 Å². The molecular formula is C69H70N2O. The van der Waals surface area contributed by atoms with E-state index in [9.17, 15) is 4.79 Å². The van der Waals surface area contributed by atoms with Gasteiger partial charge >= 0.3 is 0 Å². The monoisotopic (exact) mass is 943 g/mol. The summed E-state index contributed by atoms with van der Waals surface area (Å²) in [6, 6.07) is 66.3. The van der Waals surface area contributed by atoms with Gasteiger partial charge in [-0.3, -0.25) is 4.79 Å². The highest BCUT2D eigenvalue weighted by atomic mass is 16.1. The van der Waals surface area contributed by atoms with Crippen LogP contribution in [-0.2, 0) is 25.7 Å². The van der Waals surface area contributed by atoms with E-state index in [2.05, 4.69) is 232 Å². The number of hydrogen-bond acceptors (Lipinski definition) is 3. The van der Waals surface area contributed by atoms with Crippen molar-refractivity contribution < 1.29 is 4.79 Å². The number of rotatable bonds is 22. The normalized spacial score (nSPS) is 11.9. The van der Waals surface area contributed by atoms with Crippen molar-refractivity contribution in [3.8, 4) is 11.1 Å². The van der Waals surface area contributed by atoms with E-state index in [1.54, 1.807) is 0 Å². The fourth-order valence-corrected chi connectivity index (χ4v) is 9.84. The molecule has 0 N–H and O–H groups in total.